The summed E-state index contributed by atoms with van der Waals surface area (Å²) in [4.78, 5) is 140. The van der Waals surface area contributed by atoms with Crippen molar-refractivity contribution in [1.29, 1.82) is 0 Å². The number of amides is 10. The van der Waals surface area contributed by atoms with Gasteiger partial charge in [-0.3, -0.25) is 39.4 Å². The average Bonchev–Trinajstić information content (AvgIpc) is 1.32. The Morgan fingerprint density at radius 1 is 0.400 bits per heavy atom. The number of hydrogen-bond acceptors (Lipinski definition) is 14. The number of nitrogens with one attached hydrogen (secondary N) is 8. The third-order valence-corrected chi connectivity index (χ3v) is 14.8. The molecule has 0 bridgehead atoms. The van der Waals surface area contributed by atoms with Crippen LogP contribution in [0, 0.1) is 0 Å². The van der Waals surface area contributed by atoms with Crippen LogP contribution < -0.4 is 42.5 Å². The summed E-state index contributed by atoms with van der Waals surface area (Å²) in [6.45, 7) is 0.369. The fourth-order valence-electron chi connectivity index (χ4n) is 9.86. The van der Waals surface area contributed by atoms with Crippen LogP contribution in [-0.2, 0) is 87.2 Å². The molecule has 6 aromatic rings. The molecule has 8 rings (SSSR count). The standard InChI is InChI=1S/C69H76N12O14/c82-58(74-56-26-16-38-80(62(56)86)42-60(84)70-40-48-30-34-54(35-31-48)72-64(76-66(88)92-44-50-18-6-1-7-19-50)77-67(89)93-45-51-20-8-2-9-21-51)28-14-5-15-29-59(83)75-57-27-17-39-81(63(57)87)43-61(85)71-41-49-32-36-55(37-33-49)73-65(78-68(90)94-46-52-22-10-3-11-23-52)79-69(91)95-47-53-24-12-4-13-25-53/h1-4,6-13,18-25,30-37,56-57H,5,14-17,26-29,38-47H2,(H,70,84)(H,71,85)(H,74,82)(H,75,83)(H2,72,76,77,88,89)(H2,73,78,79,90,91). The van der Waals surface area contributed by atoms with E-state index in [-0.39, 0.29) is 101 Å². The van der Waals surface area contributed by atoms with Gasteiger partial charge in [-0.2, -0.15) is 0 Å². The van der Waals surface area contributed by atoms with Crippen molar-refractivity contribution in [2.75, 3.05) is 36.8 Å². The Morgan fingerprint density at radius 3 is 1.08 bits per heavy atom. The van der Waals surface area contributed by atoms with Gasteiger partial charge in [-0.25, -0.2) is 19.2 Å². The second-order valence-corrected chi connectivity index (χ2v) is 22.2. The highest BCUT2D eigenvalue weighted by molar-refractivity contribution is 6.07. The number of alkyl carbamates (subject to hydrolysis) is 2. The number of aliphatic imine (C=N–C) groups is 2. The van der Waals surface area contributed by atoms with E-state index in [1.807, 2.05) is 48.5 Å². The molecule has 2 unspecified atom stereocenters. The van der Waals surface area contributed by atoms with Crippen molar-refractivity contribution < 1.29 is 66.9 Å². The van der Waals surface area contributed by atoms with Crippen molar-refractivity contribution in [2.24, 2.45) is 9.98 Å². The van der Waals surface area contributed by atoms with E-state index >= 15 is 0 Å². The van der Waals surface area contributed by atoms with Crippen LogP contribution in [0.4, 0.5) is 30.6 Å². The molecular formula is C69H76N12O14. The second kappa shape index (κ2) is 37.2. The van der Waals surface area contributed by atoms with Gasteiger partial charge in [0.25, 0.3) is 0 Å². The summed E-state index contributed by atoms with van der Waals surface area (Å²) in [7, 11) is 0. The molecule has 2 atom stereocenters. The number of nitrogens with zero attached hydrogens (tertiary/aromatic N) is 4. The van der Waals surface area contributed by atoms with Gasteiger partial charge in [0.05, 0.1) is 13.1 Å². The van der Waals surface area contributed by atoms with Gasteiger partial charge in [0.2, 0.25) is 47.4 Å². The van der Waals surface area contributed by atoms with Crippen molar-refractivity contribution >= 4 is 83.1 Å². The largest absolute Gasteiger partial charge is 0.444 e. The van der Waals surface area contributed by atoms with Crippen LogP contribution in [0.1, 0.15) is 91.2 Å². The minimum Gasteiger partial charge on any atom is -0.444 e. The molecule has 2 aliphatic rings. The van der Waals surface area contributed by atoms with E-state index in [1.165, 1.54) is 9.80 Å². The van der Waals surface area contributed by atoms with Crippen molar-refractivity contribution in [3.63, 3.8) is 0 Å². The number of likely N-dealkylation sites (tertiary alicyclic amines) is 2. The van der Waals surface area contributed by atoms with Crippen LogP contribution >= 0.6 is 0 Å². The van der Waals surface area contributed by atoms with Crippen molar-refractivity contribution in [3.05, 3.63) is 203 Å². The molecule has 26 heteroatoms. The number of carbonyl (C=O) groups is 10. The van der Waals surface area contributed by atoms with Gasteiger partial charge in [-0.1, -0.05) is 152 Å². The van der Waals surface area contributed by atoms with Crippen LogP contribution in [-0.4, -0.2) is 120 Å². The molecular weight excluding hydrogens is 1220 g/mol. The van der Waals surface area contributed by atoms with Crippen molar-refractivity contribution in [1.82, 2.24) is 41.7 Å². The molecule has 0 aromatic heterocycles. The lowest BCUT2D eigenvalue weighted by molar-refractivity contribution is -0.141. The Kier molecular flexibility index (Phi) is 27.2. The Morgan fingerprint density at radius 2 is 0.737 bits per heavy atom. The number of piperidine rings is 2. The summed E-state index contributed by atoms with van der Waals surface area (Å²) in [5, 5.41) is 21.9. The first kappa shape index (κ1) is 69.4. The van der Waals surface area contributed by atoms with Crippen LogP contribution in [0.5, 0.6) is 0 Å². The predicted octanol–water partition coefficient (Wildman–Crippen LogP) is 7.85. The molecule has 2 heterocycles. The molecule has 6 aromatic carbocycles. The van der Waals surface area contributed by atoms with Gasteiger partial charge in [-0.05, 0) is 96.2 Å². The van der Waals surface area contributed by atoms with Crippen LogP contribution in [0.2, 0.25) is 0 Å². The zero-order valence-corrected chi connectivity index (χ0v) is 52.3. The van der Waals surface area contributed by atoms with Gasteiger partial charge < -0.3 is 60.6 Å². The maximum Gasteiger partial charge on any atom is 0.437 e. The van der Waals surface area contributed by atoms with E-state index in [9.17, 15) is 47.9 Å². The summed E-state index contributed by atoms with van der Waals surface area (Å²) in [5.41, 5.74) is 5.28. The molecule has 2 fully saturated rings. The minimum absolute atomic E-state index is 0.0232. The van der Waals surface area contributed by atoms with Gasteiger partial charge in [-0.15, -0.1) is 9.98 Å². The number of benzene rings is 6. The number of unbranched alkanes of at least 4 members (excludes halogenated alkanes) is 2. The molecule has 26 nitrogen and oxygen atoms in total. The molecule has 10 amide bonds. The lowest BCUT2D eigenvalue weighted by atomic mass is 10.0. The van der Waals surface area contributed by atoms with E-state index in [0.29, 0.717) is 80.5 Å². The highest BCUT2D eigenvalue weighted by Crippen LogP contribution is 2.17. The third-order valence-electron chi connectivity index (χ3n) is 14.8. The number of anilines is 2. The van der Waals surface area contributed by atoms with Crippen molar-refractivity contribution in [3.8, 4) is 0 Å². The summed E-state index contributed by atoms with van der Waals surface area (Å²) in [6.07, 6.45) is -0.0108. The third kappa shape index (κ3) is 24.9. The molecule has 8 N–H and O–H groups in total. The molecule has 2 saturated heterocycles. The Hall–Kier alpha value is -11.4. The number of guanidine groups is 2. The molecule has 0 aliphatic carbocycles. The van der Waals surface area contributed by atoms with E-state index < -0.39 is 48.3 Å². The minimum atomic E-state index is -0.961. The Bertz CT molecular complexity index is 3390. The SMILES string of the molecule is O=C(CN1CCCC(NC(=O)CCCCCC(=O)NC2CCCN(CC(=O)NCc3ccc(N/C(=N\C(=O)OCc4ccccc4)NC(=O)OCc4ccccc4)cc3)C2=O)C1=O)NCc1ccc(N/C(=N\C(=O)OCc2ccccc2)NC(=O)OCc2ccccc2)cc1. The maximum absolute atomic E-state index is 13.4. The zero-order chi connectivity index (χ0) is 67.0. The molecule has 496 valence electrons. The van der Waals surface area contributed by atoms with Gasteiger partial charge in [0.1, 0.15) is 38.5 Å². The van der Waals surface area contributed by atoms with Gasteiger partial charge in [0, 0.05) is 50.4 Å². The number of rotatable bonds is 26. The van der Waals surface area contributed by atoms with E-state index in [0.717, 1.165) is 22.3 Å². The zero-order valence-electron chi connectivity index (χ0n) is 52.3. The highest BCUT2D eigenvalue weighted by Gasteiger charge is 2.32. The average molecular weight is 1300 g/mol. The molecule has 95 heavy (non-hydrogen) atoms. The monoisotopic (exact) mass is 1300 g/mol. The first-order valence-corrected chi connectivity index (χ1v) is 31.1. The van der Waals surface area contributed by atoms with Gasteiger partial charge >= 0.3 is 24.4 Å². The topological polar surface area (TPSA) is 335 Å². The molecule has 0 saturated carbocycles. The summed E-state index contributed by atoms with van der Waals surface area (Å²) in [5.74, 6) is -2.69. The molecule has 2 aliphatic heterocycles. The van der Waals surface area contributed by atoms with E-state index in [1.54, 1.807) is 121 Å². The molecule has 0 radical (unpaired) electrons. The second-order valence-electron chi connectivity index (χ2n) is 22.2. The smallest absolute Gasteiger partial charge is 0.437 e. The number of hydrogen-bond donors (Lipinski definition) is 8. The fourth-order valence-corrected chi connectivity index (χ4v) is 9.86. The van der Waals surface area contributed by atoms with Gasteiger partial charge in [0.15, 0.2) is 0 Å². The van der Waals surface area contributed by atoms with Crippen LogP contribution in [0.3, 0.4) is 0 Å². The van der Waals surface area contributed by atoms with Crippen molar-refractivity contribution in [2.45, 2.75) is 109 Å². The summed E-state index contributed by atoms with van der Waals surface area (Å²) >= 11 is 0. The normalized spacial score (nSPS) is 14.7. The predicted molar refractivity (Wildman–Crippen MR) is 350 cm³/mol. The first-order valence-electron chi connectivity index (χ1n) is 31.1. The maximum atomic E-state index is 13.4. The molecule has 0 spiro atoms. The van der Waals surface area contributed by atoms with Crippen LogP contribution in [0.15, 0.2) is 180 Å². The lowest BCUT2D eigenvalue weighted by Crippen LogP contribution is -2.54. The fraction of sp³-hybridized carbons (Fsp3) is 0.304. The summed E-state index contributed by atoms with van der Waals surface area (Å²) in [6, 6.07) is 48.0. The number of ether oxygens (including phenoxy) is 4. The van der Waals surface area contributed by atoms with E-state index in [2.05, 4.69) is 52.5 Å². The Labute approximate surface area is 549 Å². The highest BCUT2D eigenvalue weighted by atomic mass is 16.6. The quantitative estimate of drug-likeness (QED) is 0.0111. The first-order chi connectivity index (χ1) is 46.2. The summed E-state index contributed by atoms with van der Waals surface area (Å²) < 4.78 is 21.2. The van der Waals surface area contributed by atoms with Crippen LogP contribution in [0.25, 0.3) is 0 Å². The Balaban J connectivity index is 0.692. The lowest BCUT2D eigenvalue weighted by Gasteiger charge is -2.32. The number of carbonyl (C=O) groups excluding carboxylic acids is 10. The van der Waals surface area contributed by atoms with E-state index in [4.69, 9.17) is 18.9 Å².